The van der Waals surface area contributed by atoms with Gasteiger partial charge in [-0.25, -0.2) is 0 Å². The van der Waals surface area contributed by atoms with Gasteiger partial charge in [0.15, 0.2) is 0 Å². The first-order valence-corrected chi connectivity index (χ1v) is 47.9. The van der Waals surface area contributed by atoms with Crippen molar-refractivity contribution in [2.75, 3.05) is 0 Å². The molecular weight excluding hydrogens is 1810 g/mol. The monoisotopic (exact) mass is 1950 g/mol. The number of halogens is 6. The van der Waals surface area contributed by atoms with E-state index in [0.29, 0.717) is 38.8 Å². The van der Waals surface area contributed by atoms with E-state index in [1.165, 1.54) is 154 Å². The molecular formula is C87H142I6. The Morgan fingerprint density at radius 3 is 1.33 bits per heavy atom. The summed E-state index contributed by atoms with van der Waals surface area (Å²) in [5.74, 6) is 12.8. The predicted octanol–water partition coefficient (Wildman–Crippen LogP) is 29.9. The molecule has 0 amide bonds. The second-order valence-corrected chi connectivity index (χ2v) is 58.7. The number of alkyl halides is 6. The molecule has 6 heteroatoms. The van der Waals surface area contributed by atoms with Gasteiger partial charge in [-0.1, -0.05) is 244 Å². The lowest BCUT2D eigenvalue weighted by Gasteiger charge is -2.76. The fourth-order valence-corrected chi connectivity index (χ4v) is 44.4. The maximum atomic E-state index is 3.01. The molecule has 4 atom stereocenters. The van der Waals surface area contributed by atoms with Gasteiger partial charge < -0.3 is 0 Å². The highest BCUT2D eigenvalue weighted by atomic mass is 127. The molecule has 0 heterocycles. The third-order valence-electron chi connectivity index (χ3n) is 32.2. The molecule has 6 spiro atoms. The average molecular weight is 1950 g/mol. The summed E-state index contributed by atoms with van der Waals surface area (Å²) in [5, 5.41) is 0. The van der Waals surface area contributed by atoms with Crippen molar-refractivity contribution in [3.63, 3.8) is 0 Å². The fourth-order valence-electron chi connectivity index (χ4n) is 31.8. The molecule has 14 aliphatic rings. The Morgan fingerprint density at radius 1 is 0.376 bits per heavy atom. The standard InChI is InChI=1S/C87H142I6/c1-13-63(37-86(92)57-82(58-86)53-81(54-82)51-79(52-81)35-68(36-79)27-75(11)47-78(48-75)31-65(32-78)21-62(7)19-59(2)3)16-15-61(6)20-64-29-77(30-64)49-76(12,50-77)28-69-38-84(90,39-69)42-70-43-85(91,44-70)46-72(88)22-66-25-74(10,26-66)18-14-17-73(8,9)24-67-33-80(34-67)55-87(93,56-80)45-71-40-83(89,41-71)23-60(4)5/h59-72H,13-58H2,1-12H3. The molecule has 0 aliphatic heterocycles. The van der Waals surface area contributed by atoms with Gasteiger partial charge >= 0.3 is 0 Å². The molecule has 14 rings (SSSR count). The summed E-state index contributed by atoms with van der Waals surface area (Å²) in [6.07, 6.45) is 70.8. The lowest BCUT2D eigenvalue weighted by Crippen LogP contribution is -2.66. The van der Waals surface area contributed by atoms with Gasteiger partial charge in [-0.05, 0) is 401 Å². The molecule has 0 aromatic heterocycles. The Labute approximate surface area is 658 Å². The van der Waals surface area contributed by atoms with E-state index in [0.717, 1.165) is 113 Å². The minimum atomic E-state index is 0.529. The maximum absolute atomic E-state index is 3.01. The molecule has 0 aromatic carbocycles. The lowest BCUT2D eigenvalue weighted by molar-refractivity contribution is -0.241. The van der Waals surface area contributed by atoms with Gasteiger partial charge in [-0.3, -0.25) is 0 Å². The number of hydrogen-bond acceptors (Lipinski definition) is 0. The average Bonchev–Trinajstić information content (AvgIpc) is 0.670. The van der Waals surface area contributed by atoms with E-state index in [1.54, 1.807) is 141 Å². The number of hydrogen-bond donors (Lipinski definition) is 0. The zero-order valence-corrected chi connectivity index (χ0v) is 75.3. The van der Waals surface area contributed by atoms with E-state index >= 15 is 0 Å². The van der Waals surface area contributed by atoms with Gasteiger partial charge in [0.1, 0.15) is 0 Å². The van der Waals surface area contributed by atoms with Crippen LogP contribution in [-0.4, -0.2) is 21.0 Å². The zero-order valence-electron chi connectivity index (χ0n) is 62.4. The first kappa shape index (κ1) is 74.2. The van der Waals surface area contributed by atoms with Crippen LogP contribution < -0.4 is 0 Å². The quantitative estimate of drug-likeness (QED) is 0.0465. The smallest absolute Gasteiger partial charge is 0.0237 e. The van der Waals surface area contributed by atoms with Crippen LogP contribution in [0.1, 0.15) is 378 Å². The highest BCUT2D eigenvalue weighted by Crippen LogP contribution is 2.82. The molecule has 0 nitrogen and oxygen atoms in total. The molecule has 532 valence electrons. The Bertz CT molecular complexity index is 2560. The third-order valence-corrected chi connectivity index (χ3v) is 39.5. The van der Waals surface area contributed by atoms with Crippen molar-refractivity contribution in [2.45, 2.75) is 399 Å². The first-order valence-electron chi connectivity index (χ1n) is 41.3. The minimum absolute atomic E-state index is 0.529. The van der Waals surface area contributed by atoms with Crippen molar-refractivity contribution < 1.29 is 0 Å². The summed E-state index contributed by atoms with van der Waals surface area (Å²) >= 11 is 17.6. The van der Waals surface area contributed by atoms with E-state index in [2.05, 4.69) is 219 Å². The van der Waals surface area contributed by atoms with Crippen LogP contribution in [0.2, 0.25) is 0 Å². The summed E-state index contributed by atoms with van der Waals surface area (Å²) < 4.78 is 3.99. The van der Waals surface area contributed by atoms with Crippen LogP contribution in [0.25, 0.3) is 0 Å². The van der Waals surface area contributed by atoms with E-state index in [9.17, 15) is 0 Å². The Hall–Kier alpha value is 4.38. The summed E-state index contributed by atoms with van der Waals surface area (Å²) in [7, 11) is 0. The van der Waals surface area contributed by atoms with Gasteiger partial charge in [0.2, 0.25) is 0 Å². The summed E-state index contributed by atoms with van der Waals surface area (Å²) in [6.45, 7) is 30.7. The fraction of sp³-hybridized carbons (Fsp3) is 1.00. The number of rotatable bonds is 32. The van der Waals surface area contributed by atoms with Crippen molar-refractivity contribution in [2.24, 2.45) is 131 Å². The molecule has 0 aromatic rings. The maximum Gasteiger partial charge on any atom is 0.0237 e. The molecule has 14 aliphatic carbocycles. The van der Waals surface area contributed by atoms with Gasteiger partial charge in [0.25, 0.3) is 0 Å². The molecule has 93 heavy (non-hydrogen) atoms. The van der Waals surface area contributed by atoms with Crippen molar-refractivity contribution >= 4 is 136 Å². The van der Waals surface area contributed by atoms with Crippen molar-refractivity contribution in [1.29, 1.82) is 0 Å². The second-order valence-electron chi connectivity index (χ2n) is 45.5. The SMILES string of the molecule is CCC(CCC(C)CC1CC2(C1)CC(C)(CC1CC(I)(CC3CC(I)(CC(I)CC4CC(C)(CCCC(C)(C)CC5CC6(C5)CC(I)(CC5CC(I)(CC(C)C)C5)C6)C4)C3)C1)C2)CC1(I)CC2(C1)CC1(CC3(CC(CC4(C)CC5(CC(CC(C)CC(C)C)C5)C4)C3)C1)C2. The first-order chi connectivity index (χ1) is 43.2. The minimum Gasteiger partial charge on any atom is -0.0826 e. The summed E-state index contributed by atoms with van der Waals surface area (Å²) in [5.41, 5.74) is 7.22. The molecule has 14 fully saturated rings. The van der Waals surface area contributed by atoms with E-state index in [4.69, 9.17) is 0 Å². The Balaban J connectivity index is 0.407. The molecule has 0 bridgehead atoms. The van der Waals surface area contributed by atoms with Crippen LogP contribution in [0, 0.1) is 131 Å². The van der Waals surface area contributed by atoms with Crippen LogP contribution in [0.5, 0.6) is 0 Å². The van der Waals surface area contributed by atoms with Crippen molar-refractivity contribution in [3.8, 4) is 0 Å². The van der Waals surface area contributed by atoms with Gasteiger partial charge in [0, 0.05) is 21.0 Å². The summed E-state index contributed by atoms with van der Waals surface area (Å²) in [6, 6.07) is 0. The third kappa shape index (κ3) is 16.6. The predicted molar refractivity (Wildman–Crippen MR) is 452 cm³/mol. The van der Waals surface area contributed by atoms with Crippen molar-refractivity contribution in [3.05, 3.63) is 0 Å². The van der Waals surface area contributed by atoms with Crippen LogP contribution in [-0.2, 0) is 0 Å². The lowest BCUT2D eigenvalue weighted by atomic mass is 9.30. The second kappa shape index (κ2) is 26.4. The Kier molecular flexibility index (Phi) is 21.0. The zero-order chi connectivity index (χ0) is 66.1. The normalized spacial score (nSPS) is 51.7. The van der Waals surface area contributed by atoms with Crippen LogP contribution in [0.3, 0.4) is 0 Å². The van der Waals surface area contributed by atoms with Crippen LogP contribution >= 0.6 is 136 Å². The highest BCUT2D eigenvalue weighted by molar-refractivity contribution is 14.1. The van der Waals surface area contributed by atoms with Gasteiger partial charge in [-0.15, -0.1) is 0 Å². The Morgan fingerprint density at radius 2 is 0.796 bits per heavy atom. The van der Waals surface area contributed by atoms with E-state index < -0.39 is 0 Å². The molecule has 0 radical (unpaired) electrons. The van der Waals surface area contributed by atoms with Crippen molar-refractivity contribution in [1.82, 2.24) is 0 Å². The van der Waals surface area contributed by atoms with Gasteiger partial charge in [0.05, 0.1) is 0 Å². The van der Waals surface area contributed by atoms with Crippen LogP contribution in [0.15, 0.2) is 0 Å². The van der Waals surface area contributed by atoms with Gasteiger partial charge in [-0.2, -0.15) is 0 Å². The largest absolute Gasteiger partial charge is 0.0826 e. The molecule has 0 saturated heterocycles. The van der Waals surface area contributed by atoms with Crippen LogP contribution in [0.4, 0.5) is 0 Å². The molecule has 0 N–H and O–H groups in total. The summed E-state index contributed by atoms with van der Waals surface area (Å²) in [4.78, 5) is 0. The molecule has 14 saturated carbocycles. The molecule has 4 unspecified atom stereocenters. The van der Waals surface area contributed by atoms with E-state index in [-0.39, 0.29) is 0 Å². The highest BCUT2D eigenvalue weighted by Gasteiger charge is 2.72. The van der Waals surface area contributed by atoms with E-state index in [1.807, 2.05) is 0 Å². The topological polar surface area (TPSA) is 0 Å².